The van der Waals surface area contributed by atoms with Gasteiger partial charge in [-0.1, -0.05) is 29.8 Å². The van der Waals surface area contributed by atoms with Gasteiger partial charge >= 0.3 is 0 Å². The first-order chi connectivity index (χ1) is 12.0. The van der Waals surface area contributed by atoms with E-state index in [0.29, 0.717) is 35.8 Å². The summed E-state index contributed by atoms with van der Waals surface area (Å²) in [5.41, 5.74) is 6.61. The predicted octanol–water partition coefficient (Wildman–Crippen LogP) is 2.68. The SMILES string of the molecule is COc1cc(CNCCc2ccccc2F)cc(Cl)c1OCC(N)=O. The Morgan fingerprint density at radius 2 is 2.08 bits per heavy atom. The van der Waals surface area contributed by atoms with Crippen LogP contribution in [-0.4, -0.2) is 26.2 Å². The van der Waals surface area contributed by atoms with Gasteiger partial charge in [0.2, 0.25) is 0 Å². The molecule has 0 unspecified atom stereocenters. The molecule has 0 aliphatic heterocycles. The van der Waals surface area contributed by atoms with Crippen molar-refractivity contribution in [3.05, 3.63) is 58.4 Å². The van der Waals surface area contributed by atoms with Gasteiger partial charge < -0.3 is 20.5 Å². The van der Waals surface area contributed by atoms with Gasteiger partial charge in [0.15, 0.2) is 18.1 Å². The zero-order valence-electron chi connectivity index (χ0n) is 13.9. The Balaban J connectivity index is 1.94. The number of carbonyl (C=O) groups is 1. The van der Waals surface area contributed by atoms with Gasteiger partial charge in [0.05, 0.1) is 12.1 Å². The van der Waals surface area contributed by atoms with Crippen molar-refractivity contribution >= 4 is 17.5 Å². The number of rotatable bonds is 9. The number of ether oxygens (including phenoxy) is 2. The highest BCUT2D eigenvalue weighted by molar-refractivity contribution is 6.32. The fraction of sp³-hybridized carbons (Fsp3) is 0.278. The van der Waals surface area contributed by atoms with Crippen LogP contribution in [-0.2, 0) is 17.8 Å². The summed E-state index contributed by atoms with van der Waals surface area (Å²) in [6, 6.07) is 10.2. The van der Waals surface area contributed by atoms with Crippen LogP contribution in [0.1, 0.15) is 11.1 Å². The van der Waals surface area contributed by atoms with Gasteiger partial charge in [-0.3, -0.25) is 4.79 Å². The molecular formula is C18H20ClFN2O3. The van der Waals surface area contributed by atoms with Crippen molar-refractivity contribution in [2.45, 2.75) is 13.0 Å². The van der Waals surface area contributed by atoms with Crippen molar-refractivity contribution in [3.63, 3.8) is 0 Å². The van der Waals surface area contributed by atoms with Crippen molar-refractivity contribution < 1.29 is 18.7 Å². The number of carbonyl (C=O) groups excluding carboxylic acids is 1. The lowest BCUT2D eigenvalue weighted by atomic mass is 10.1. The normalized spacial score (nSPS) is 10.5. The number of benzene rings is 2. The molecule has 0 saturated carbocycles. The lowest BCUT2D eigenvalue weighted by molar-refractivity contribution is -0.119. The molecule has 25 heavy (non-hydrogen) atoms. The van der Waals surface area contributed by atoms with Crippen LogP contribution in [0, 0.1) is 5.82 Å². The molecule has 0 saturated heterocycles. The number of methoxy groups -OCH3 is 1. The van der Waals surface area contributed by atoms with Gasteiger partial charge in [-0.25, -0.2) is 4.39 Å². The minimum Gasteiger partial charge on any atom is -0.493 e. The predicted molar refractivity (Wildman–Crippen MR) is 94.5 cm³/mol. The van der Waals surface area contributed by atoms with Crippen molar-refractivity contribution in [1.29, 1.82) is 0 Å². The fourth-order valence-electron chi connectivity index (χ4n) is 2.32. The number of primary amides is 1. The number of hydrogen-bond donors (Lipinski definition) is 2. The molecule has 2 aromatic rings. The molecule has 0 aliphatic rings. The molecule has 0 bridgehead atoms. The van der Waals surface area contributed by atoms with Crippen molar-refractivity contribution in [2.75, 3.05) is 20.3 Å². The van der Waals surface area contributed by atoms with E-state index in [0.717, 1.165) is 5.56 Å². The Morgan fingerprint density at radius 3 is 2.76 bits per heavy atom. The lowest BCUT2D eigenvalue weighted by Gasteiger charge is -2.14. The largest absolute Gasteiger partial charge is 0.493 e. The third-order valence-electron chi connectivity index (χ3n) is 3.51. The van der Waals surface area contributed by atoms with E-state index in [9.17, 15) is 9.18 Å². The molecule has 2 rings (SSSR count). The minimum atomic E-state index is -0.600. The molecule has 0 aliphatic carbocycles. The molecule has 0 spiro atoms. The molecule has 0 atom stereocenters. The summed E-state index contributed by atoms with van der Waals surface area (Å²) in [6.45, 7) is 0.859. The first-order valence-electron chi connectivity index (χ1n) is 7.73. The van der Waals surface area contributed by atoms with Crippen LogP contribution in [0.4, 0.5) is 4.39 Å². The van der Waals surface area contributed by atoms with E-state index in [1.165, 1.54) is 13.2 Å². The Bertz CT molecular complexity index is 740. The molecule has 134 valence electrons. The van der Waals surface area contributed by atoms with Crippen LogP contribution in [0.2, 0.25) is 5.02 Å². The van der Waals surface area contributed by atoms with E-state index in [1.54, 1.807) is 24.3 Å². The monoisotopic (exact) mass is 366 g/mol. The van der Waals surface area contributed by atoms with Gasteiger partial charge in [0.25, 0.3) is 5.91 Å². The number of nitrogens with one attached hydrogen (secondary N) is 1. The Hall–Kier alpha value is -2.31. The summed E-state index contributed by atoms with van der Waals surface area (Å²) in [6.07, 6.45) is 0.581. The van der Waals surface area contributed by atoms with Gasteiger partial charge in [0, 0.05) is 6.54 Å². The van der Waals surface area contributed by atoms with Crippen LogP contribution in [0.15, 0.2) is 36.4 Å². The maximum absolute atomic E-state index is 13.6. The maximum Gasteiger partial charge on any atom is 0.255 e. The summed E-state index contributed by atoms with van der Waals surface area (Å²) in [4.78, 5) is 10.8. The van der Waals surface area contributed by atoms with Crippen LogP contribution in [0.3, 0.4) is 0 Å². The minimum absolute atomic E-state index is 0.204. The number of hydrogen-bond acceptors (Lipinski definition) is 4. The standard InChI is InChI=1S/C18H20ClFN2O3/c1-24-16-9-12(8-14(19)18(16)25-11-17(21)23)10-22-7-6-13-4-2-3-5-15(13)20/h2-5,8-9,22H,6-7,10-11H2,1H3,(H2,21,23). The summed E-state index contributed by atoms with van der Waals surface area (Å²) >= 11 is 6.19. The molecule has 1 amide bonds. The molecule has 0 radical (unpaired) electrons. The van der Waals surface area contributed by atoms with E-state index in [-0.39, 0.29) is 18.2 Å². The van der Waals surface area contributed by atoms with Gasteiger partial charge in [-0.15, -0.1) is 0 Å². The summed E-state index contributed by atoms with van der Waals surface area (Å²) < 4.78 is 24.1. The highest BCUT2D eigenvalue weighted by Gasteiger charge is 2.13. The van der Waals surface area contributed by atoms with Gasteiger partial charge in [0.1, 0.15) is 5.82 Å². The number of amides is 1. The van der Waals surface area contributed by atoms with Crippen LogP contribution in [0.5, 0.6) is 11.5 Å². The number of halogens is 2. The van der Waals surface area contributed by atoms with E-state index in [1.807, 2.05) is 6.07 Å². The van der Waals surface area contributed by atoms with Gasteiger partial charge in [-0.05, 0) is 42.3 Å². The smallest absolute Gasteiger partial charge is 0.255 e. The topological polar surface area (TPSA) is 73.6 Å². The molecular weight excluding hydrogens is 347 g/mol. The quantitative estimate of drug-likeness (QED) is 0.669. The average molecular weight is 367 g/mol. The second kappa shape index (κ2) is 9.25. The second-order valence-electron chi connectivity index (χ2n) is 5.38. The Kier molecular flexibility index (Phi) is 7.03. The third-order valence-corrected chi connectivity index (χ3v) is 3.79. The molecule has 7 heteroatoms. The van der Waals surface area contributed by atoms with Crippen molar-refractivity contribution in [3.8, 4) is 11.5 Å². The molecule has 2 aromatic carbocycles. The van der Waals surface area contributed by atoms with E-state index < -0.39 is 5.91 Å². The molecule has 0 heterocycles. The van der Waals surface area contributed by atoms with E-state index in [4.69, 9.17) is 26.8 Å². The highest BCUT2D eigenvalue weighted by atomic mass is 35.5. The fourth-order valence-corrected chi connectivity index (χ4v) is 2.60. The average Bonchev–Trinajstić information content (AvgIpc) is 2.58. The molecule has 0 aromatic heterocycles. The van der Waals surface area contributed by atoms with Crippen LogP contribution < -0.4 is 20.5 Å². The lowest BCUT2D eigenvalue weighted by Crippen LogP contribution is -2.20. The van der Waals surface area contributed by atoms with Crippen LogP contribution >= 0.6 is 11.6 Å². The maximum atomic E-state index is 13.6. The highest BCUT2D eigenvalue weighted by Crippen LogP contribution is 2.36. The zero-order chi connectivity index (χ0) is 18.2. The number of nitrogens with two attached hydrogens (primary N) is 1. The first-order valence-corrected chi connectivity index (χ1v) is 8.10. The molecule has 5 nitrogen and oxygen atoms in total. The Labute approximate surface area is 150 Å². The third kappa shape index (κ3) is 5.62. The van der Waals surface area contributed by atoms with Crippen molar-refractivity contribution in [2.24, 2.45) is 5.73 Å². The summed E-state index contributed by atoms with van der Waals surface area (Å²) in [7, 11) is 1.48. The van der Waals surface area contributed by atoms with Crippen molar-refractivity contribution in [1.82, 2.24) is 5.32 Å². The first kappa shape index (κ1) is 19.0. The molecule has 3 N–H and O–H groups in total. The second-order valence-corrected chi connectivity index (χ2v) is 5.79. The van der Waals surface area contributed by atoms with Crippen LogP contribution in [0.25, 0.3) is 0 Å². The van der Waals surface area contributed by atoms with Gasteiger partial charge in [-0.2, -0.15) is 0 Å². The zero-order valence-corrected chi connectivity index (χ0v) is 14.6. The van der Waals surface area contributed by atoms with E-state index >= 15 is 0 Å². The van der Waals surface area contributed by atoms with E-state index in [2.05, 4.69) is 5.32 Å². The Morgan fingerprint density at radius 1 is 1.32 bits per heavy atom. The summed E-state index contributed by atoms with van der Waals surface area (Å²) in [5, 5.41) is 3.56. The molecule has 0 fully saturated rings. The summed E-state index contributed by atoms with van der Waals surface area (Å²) in [5.74, 6) is -0.111.